The largest absolute Gasteiger partial charge is 0.469 e. The van der Waals surface area contributed by atoms with Gasteiger partial charge in [0.15, 0.2) is 22.5 Å². The lowest BCUT2D eigenvalue weighted by molar-refractivity contribution is 0.534. The maximum Gasteiger partial charge on any atom is 0.197 e. The minimum atomic E-state index is 0.702. The molecule has 0 aliphatic rings. The summed E-state index contributed by atoms with van der Waals surface area (Å²) < 4.78 is 9.06. The molecule has 5 aromatic heterocycles. The second-order valence-electron chi connectivity index (χ2n) is 5.83. The lowest BCUT2D eigenvalue weighted by Gasteiger charge is -2.03. The first-order valence-corrected chi connectivity index (χ1v) is 9.83. The van der Waals surface area contributed by atoms with Crippen LogP contribution in [0.2, 0.25) is 0 Å². The first-order valence-electron chi connectivity index (χ1n) is 8.07. The predicted octanol–water partition coefficient (Wildman–Crippen LogP) is 3.70. The van der Waals surface area contributed by atoms with Crippen LogP contribution in [0.3, 0.4) is 0 Å². The highest BCUT2D eigenvalue weighted by Gasteiger charge is 2.17. The van der Waals surface area contributed by atoms with Crippen molar-refractivity contribution in [1.82, 2.24) is 34.6 Å². The van der Waals surface area contributed by atoms with E-state index in [1.807, 2.05) is 53.6 Å². The number of rotatable bonds is 4. The molecule has 0 aromatic carbocycles. The highest BCUT2D eigenvalue weighted by molar-refractivity contribution is 7.99. The molecule has 0 bridgehead atoms. The van der Waals surface area contributed by atoms with Crippen LogP contribution >= 0.6 is 23.1 Å². The molecule has 0 spiro atoms. The average molecular weight is 395 g/mol. The van der Waals surface area contributed by atoms with Crippen LogP contribution in [0, 0.1) is 6.92 Å². The summed E-state index contributed by atoms with van der Waals surface area (Å²) in [6.07, 6.45) is 1.65. The zero-order valence-corrected chi connectivity index (χ0v) is 16.0. The number of nitrogens with zero attached hydrogens (tertiary/aromatic N) is 7. The topological polar surface area (TPSA) is 86.9 Å². The van der Waals surface area contributed by atoms with Gasteiger partial charge in [0.25, 0.3) is 0 Å². The zero-order chi connectivity index (χ0) is 18.4. The van der Waals surface area contributed by atoms with Crippen molar-refractivity contribution in [2.45, 2.75) is 17.1 Å². The summed E-state index contributed by atoms with van der Waals surface area (Å²) in [6, 6.07) is 7.70. The molecule has 134 valence electrons. The monoisotopic (exact) mass is 395 g/mol. The number of thiophene rings is 1. The maximum atomic E-state index is 5.37. The average Bonchev–Trinajstić information content (AvgIpc) is 3.44. The first kappa shape index (κ1) is 16.2. The Labute approximate surface area is 161 Å². The first-order chi connectivity index (χ1) is 13.2. The van der Waals surface area contributed by atoms with E-state index in [2.05, 4.69) is 25.5 Å². The Morgan fingerprint density at radius 1 is 1.04 bits per heavy atom. The molecular weight excluding hydrogens is 382 g/mol. The van der Waals surface area contributed by atoms with Gasteiger partial charge in [0.1, 0.15) is 10.8 Å². The van der Waals surface area contributed by atoms with Gasteiger partial charge < -0.3 is 8.98 Å². The van der Waals surface area contributed by atoms with Gasteiger partial charge in [-0.25, -0.2) is 0 Å². The Bertz CT molecular complexity index is 1240. The molecule has 0 fully saturated rings. The van der Waals surface area contributed by atoms with Crippen molar-refractivity contribution in [2.75, 3.05) is 0 Å². The van der Waals surface area contributed by atoms with Gasteiger partial charge in [0.2, 0.25) is 0 Å². The second-order valence-corrected chi connectivity index (χ2v) is 7.60. The normalized spacial score (nSPS) is 11.5. The molecule has 0 saturated carbocycles. The summed E-state index contributed by atoms with van der Waals surface area (Å²) in [6.45, 7) is 1.91. The summed E-state index contributed by atoms with van der Waals surface area (Å²) in [7, 11) is 1.93. The van der Waals surface area contributed by atoms with Gasteiger partial charge in [-0.05, 0) is 48.3 Å². The molecule has 10 heteroatoms. The maximum absolute atomic E-state index is 5.37. The van der Waals surface area contributed by atoms with Crippen LogP contribution in [0.1, 0.15) is 5.76 Å². The van der Waals surface area contributed by atoms with Crippen LogP contribution in [-0.2, 0) is 7.05 Å². The highest BCUT2D eigenvalue weighted by Crippen LogP contribution is 2.29. The molecule has 0 unspecified atom stereocenters. The molecule has 0 amide bonds. The fourth-order valence-corrected chi connectivity index (χ4v) is 4.13. The number of hydrogen-bond donors (Lipinski definition) is 0. The Balaban J connectivity index is 1.51. The Hall–Kier alpha value is -2.98. The van der Waals surface area contributed by atoms with E-state index in [1.165, 1.54) is 11.8 Å². The molecule has 5 aromatic rings. The summed E-state index contributed by atoms with van der Waals surface area (Å²) in [5.74, 6) is 2.29. The summed E-state index contributed by atoms with van der Waals surface area (Å²) in [4.78, 5) is 0. The molecule has 0 N–H and O–H groups in total. The third-order valence-corrected chi connectivity index (χ3v) is 5.80. The van der Waals surface area contributed by atoms with E-state index in [-0.39, 0.29) is 0 Å². The van der Waals surface area contributed by atoms with Crippen LogP contribution in [0.25, 0.3) is 28.4 Å². The van der Waals surface area contributed by atoms with Crippen molar-refractivity contribution < 1.29 is 4.42 Å². The molecule has 0 aliphatic carbocycles. The van der Waals surface area contributed by atoms with Gasteiger partial charge >= 0.3 is 0 Å². The van der Waals surface area contributed by atoms with Crippen molar-refractivity contribution >= 4 is 28.7 Å². The molecule has 0 aliphatic heterocycles. The molecule has 0 saturated heterocycles. The zero-order valence-electron chi connectivity index (χ0n) is 14.4. The quantitative estimate of drug-likeness (QED) is 0.458. The number of fused-ring (bicyclic) bond motifs is 1. The minimum absolute atomic E-state index is 0.702. The number of aromatic nitrogens is 7. The van der Waals surface area contributed by atoms with Gasteiger partial charge in [-0.2, -0.15) is 21.0 Å². The predicted molar refractivity (Wildman–Crippen MR) is 102 cm³/mol. The van der Waals surface area contributed by atoms with Gasteiger partial charge in [0, 0.05) is 18.0 Å². The molecule has 8 nitrogen and oxygen atoms in total. The second kappa shape index (κ2) is 6.32. The molecule has 5 rings (SSSR count). The van der Waals surface area contributed by atoms with Gasteiger partial charge in [-0.3, -0.25) is 0 Å². The van der Waals surface area contributed by atoms with E-state index in [9.17, 15) is 0 Å². The van der Waals surface area contributed by atoms with E-state index >= 15 is 0 Å². The lowest BCUT2D eigenvalue weighted by Crippen LogP contribution is -1.98. The summed E-state index contributed by atoms with van der Waals surface area (Å²) in [5.41, 5.74) is 2.63. The van der Waals surface area contributed by atoms with E-state index in [0.717, 1.165) is 38.7 Å². The van der Waals surface area contributed by atoms with Crippen LogP contribution in [0.5, 0.6) is 0 Å². The fourth-order valence-electron chi connectivity index (χ4n) is 2.75. The summed E-state index contributed by atoms with van der Waals surface area (Å²) in [5, 5.41) is 27.3. The van der Waals surface area contributed by atoms with Gasteiger partial charge in [0.05, 0.1) is 11.8 Å². The molecular formula is C17H13N7OS2. The third-order valence-electron chi connectivity index (χ3n) is 4.15. The Morgan fingerprint density at radius 3 is 2.70 bits per heavy atom. The van der Waals surface area contributed by atoms with Crippen LogP contribution in [-0.4, -0.2) is 34.6 Å². The van der Waals surface area contributed by atoms with E-state index in [4.69, 9.17) is 4.42 Å². The summed E-state index contributed by atoms with van der Waals surface area (Å²) >= 11 is 3.05. The SMILES string of the molecule is Cc1occc1-c1nnc(Sc2ccc3nnc(-c4ccsc4)n3n2)n1C. The molecule has 5 heterocycles. The number of hydrogen-bond acceptors (Lipinski definition) is 8. The van der Waals surface area contributed by atoms with Crippen molar-refractivity contribution in [3.05, 3.63) is 47.0 Å². The Kier molecular flexibility index (Phi) is 3.80. The van der Waals surface area contributed by atoms with E-state index in [1.54, 1.807) is 22.1 Å². The third kappa shape index (κ3) is 2.73. The lowest BCUT2D eigenvalue weighted by atomic mass is 10.2. The minimum Gasteiger partial charge on any atom is -0.469 e. The standard InChI is InChI=1S/C17H13N7OS2/c1-10-12(5-7-25-10)16-20-21-17(23(16)2)27-14-4-3-13-18-19-15(24(13)22-14)11-6-8-26-9-11/h3-9H,1-2H3. The number of furan rings is 1. The van der Waals surface area contributed by atoms with Crippen LogP contribution in [0.15, 0.2) is 55.9 Å². The van der Waals surface area contributed by atoms with Crippen molar-refractivity contribution in [3.8, 4) is 22.8 Å². The molecule has 0 radical (unpaired) electrons. The highest BCUT2D eigenvalue weighted by atomic mass is 32.2. The van der Waals surface area contributed by atoms with E-state index in [0.29, 0.717) is 5.65 Å². The van der Waals surface area contributed by atoms with E-state index < -0.39 is 0 Å². The van der Waals surface area contributed by atoms with Gasteiger partial charge in [-0.1, -0.05) is 0 Å². The fraction of sp³-hybridized carbons (Fsp3) is 0.118. The number of aryl methyl sites for hydroxylation is 1. The van der Waals surface area contributed by atoms with Gasteiger partial charge in [-0.15, -0.1) is 20.4 Å². The molecule has 0 atom stereocenters. The Morgan fingerprint density at radius 2 is 1.93 bits per heavy atom. The molecule has 27 heavy (non-hydrogen) atoms. The van der Waals surface area contributed by atoms with Crippen molar-refractivity contribution in [2.24, 2.45) is 7.05 Å². The van der Waals surface area contributed by atoms with Crippen LogP contribution in [0.4, 0.5) is 0 Å². The van der Waals surface area contributed by atoms with Crippen molar-refractivity contribution in [3.63, 3.8) is 0 Å². The van der Waals surface area contributed by atoms with Crippen LogP contribution < -0.4 is 0 Å². The smallest absolute Gasteiger partial charge is 0.197 e. The van der Waals surface area contributed by atoms with Crippen molar-refractivity contribution in [1.29, 1.82) is 0 Å².